The number of rotatable bonds is 20. The first-order valence-electron chi connectivity index (χ1n) is 36.8. The van der Waals surface area contributed by atoms with Crippen molar-refractivity contribution in [3.8, 4) is 32.8 Å². The fourth-order valence-corrected chi connectivity index (χ4v) is 18.7. The molecule has 0 aliphatic carbocycles. The molecule has 8 amide bonds. The summed E-state index contributed by atoms with van der Waals surface area (Å²) >= 11 is 5.08. The highest BCUT2D eigenvalue weighted by molar-refractivity contribution is 7.27. The highest BCUT2D eigenvalue weighted by Gasteiger charge is 2.42. The number of aliphatic imine (C=N–C) groups is 2. The van der Waals surface area contributed by atoms with E-state index in [0.717, 1.165) is 112 Å². The number of hydrogen-bond acceptors (Lipinski definition) is 17. The van der Waals surface area contributed by atoms with Crippen molar-refractivity contribution in [2.45, 2.75) is 174 Å². The van der Waals surface area contributed by atoms with Crippen LogP contribution in [0, 0.1) is 11.8 Å². The average Bonchev–Trinajstić information content (AvgIpc) is 1.63. The number of fused-ring (bicyclic) bond motifs is 2. The van der Waals surface area contributed by atoms with E-state index in [2.05, 4.69) is 66.3 Å². The number of aliphatic hydroxyl groups excluding tert-OH is 1. The third-order valence-corrected chi connectivity index (χ3v) is 23.7. The Hall–Kier alpha value is -9.96. The SMILES string of the molecule is CC(=O)N1CCCC1C1=NC=C(c2csc3c(-c4ccc(-c5cnc(C6CCCN6C(=O)[C@@H](NC(=O)CO)C(C)C)[nH]5)cc4)csc23)C1.CC(=O)N[C@H](C(=O)N1CCCC1C1=NC=C(c2cn3cc(-c4ccc(NC(=O)[C@@H]5CCCN5C(=O)[C@H](NC(=O)OC(C)(C)C)c5ccccc5)cc4)sc3n2)C1)C(C)C. The number of alkyl carbamates (subject to hydrolysis) is 1. The molecule has 4 fully saturated rings. The van der Waals surface area contributed by atoms with Crippen LogP contribution >= 0.6 is 34.0 Å². The van der Waals surface area contributed by atoms with E-state index in [1.54, 1.807) is 95.8 Å². The molecule has 0 radical (unpaired) electrons. The summed E-state index contributed by atoms with van der Waals surface area (Å²) < 4.78 is 10.0. The van der Waals surface area contributed by atoms with Crippen molar-refractivity contribution in [2.75, 3.05) is 38.1 Å². The van der Waals surface area contributed by atoms with Gasteiger partial charge in [0, 0.05) is 122 Å². The zero-order valence-corrected chi connectivity index (χ0v) is 64.2. The monoisotopic (exact) mass is 1500 g/mol. The van der Waals surface area contributed by atoms with Crippen molar-refractivity contribution in [3.63, 3.8) is 0 Å². The third kappa shape index (κ3) is 16.6. The molecule has 7 atom stereocenters. The molecule has 6 N–H and O–H groups in total. The van der Waals surface area contributed by atoms with Gasteiger partial charge in [0.25, 0.3) is 5.91 Å². The Morgan fingerprint density at radius 3 is 1.84 bits per heavy atom. The van der Waals surface area contributed by atoms with Gasteiger partial charge in [-0.15, -0.1) is 22.7 Å². The molecule has 4 saturated heterocycles. The topological polar surface area (TPSA) is 298 Å². The Morgan fingerprint density at radius 2 is 1.21 bits per heavy atom. The summed E-state index contributed by atoms with van der Waals surface area (Å²) in [5.41, 5.74) is 12.0. The van der Waals surface area contributed by atoms with Crippen LogP contribution in [-0.4, -0.2) is 172 Å². The number of aliphatic hydroxyl groups is 1. The van der Waals surface area contributed by atoms with Gasteiger partial charge in [-0.05, 0) is 124 Å². The fraction of sp³-hybridized carbons (Fsp3) is 0.425. The number of aromatic nitrogens is 4. The minimum absolute atomic E-state index is 0.0295. The predicted molar refractivity (Wildman–Crippen MR) is 418 cm³/mol. The fourth-order valence-electron chi connectivity index (χ4n) is 15.2. The maximum atomic E-state index is 14.0. The first-order valence-corrected chi connectivity index (χ1v) is 39.4. The minimum atomic E-state index is -1.01. The number of carbonyl (C=O) groups excluding carboxylic acids is 8. The van der Waals surface area contributed by atoms with Gasteiger partial charge < -0.3 is 55.7 Å². The lowest BCUT2D eigenvalue weighted by molar-refractivity contribution is -0.139. The standard InChI is InChI=1S/C44H52N8O6S.C36H40N6O4S2/c1-26(2)37(46-27(3)53)40(55)51-20-10-14-34(51)32-22-30(23-45-32)33-24-50-25-36(59-42(50)48-33)28-16-18-31(19-17-28)47-39(54)35-15-11-21-52(35)41(56)38(29-12-8-7-9-13-29)49-43(57)58-44(4,5)6;1-20(2)32(40-31(45)17-43)36(46)42-13-5-7-30(42)35-38-16-28(39-35)23-10-8-22(9-11-23)25-18-47-34-26(19-48-33(25)34)24-14-27(37-15-24)29-6-4-12-41(29)21(3)44/h7-9,12-13,16-19,23-26,34-35,37-38H,10-11,14-15,20-22H2,1-6H3,(H,46,53)(H,47,54)(H,49,57);8-11,15-16,18-20,29-30,32,43H,4-7,12-14,17H2,1-3H3,(H,38,39)(H,40,45)/t34?,35-,37-,38+;29?,30?,32-/m00/s1. The van der Waals surface area contributed by atoms with Crippen LogP contribution in [0.3, 0.4) is 0 Å². The minimum Gasteiger partial charge on any atom is -0.444 e. The van der Waals surface area contributed by atoms with Gasteiger partial charge in [-0.3, -0.25) is 47.9 Å². The molecule has 11 heterocycles. The van der Waals surface area contributed by atoms with Crippen molar-refractivity contribution in [3.05, 3.63) is 143 Å². The molecule has 8 aromatic rings. The predicted octanol–water partition coefficient (Wildman–Crippen LogP) is 12.6. The number of anilines is 1. The van der Waals surface area contributed by atoms with E-state index >= 15 is 0 Å². The first-order chi connectivity index (χ1) is 51.4. The second kappa shape index (κ2) is 32.2. The highest BCUT2D eigenvalue weighted by Crippen LogP contribution is 2.45. The molecule has 0 saturated carbocycles. The summed E-state index contributed by atoms with van der Waals surface area (Å²) in [6.45, 7) is 17.8. The van der Waals surface area contributed by atoms with E-state index in [1.807, 2.05) is 103 Å². The maximum Gasteiger partial charge on any atom is 0.408 e. The molecule has 27 heteroatoms. The van der Waals surface area contributed by atoms with Crippen LogP contribution in [0.25, 0.3) is 58.3 Å². The summed E-state index contributed by atoms with van der Waals surface area (Å²) in [7, 11) is 0. The summed E-state index contributed by atoms with van der Waals surface area (Å²) in [4.78, 5) is 135. The number of nitrogens with zero attached hydrogens (tertiary/aromatic N) is 9. The Kier molecular flexibility index (Phi) is 22.7. The van der Waals surface area contributed by atoms with Crippen LogP contribution in [0.5, 0.6) is 0 Å². The lowest BCUT2D eigenvalue weighted by Gasteiger charge is -2.31. The number of thiazole rings is 1. The first kappa shape index (κ1) is 75.3. The molecule has 6 aliphatic heterocycles. The van der Waals surface area contributed by atoms with Crippen LogP contribution in [-0.2, 0) is 38.3 Å². The molecule has 107 heavy (non-hydrogen) atoms. The number of benzene rings is 3. The van der Waals surface area contributed by atoms with Gasteiger partial charge >= 0.3 is 6.09 Å². The molecule has 14 rings (SSSR count). The number of likely N-dealkylation sites (tertiary alicyclic amines) is 4. The van der Waals surface area contributed by atoms with Crippen LogP contribution in [0.1, 0.15) is 161 Å². The van der Waals surface area contributed by atoms with E-state index in [-0.39, 0.29) is 65.4 Å². The smallest absolute Gasteiger partial charge is 0.408 e. The molecular weight excluding hydrogens is 1410 g/mol. The zero-order valence-electron chi connectivity index (χ0n) is 61.7. The normalized spacial score (nSPS) is 19.5. The molecule has 0 bridgehead atoms. The van der Waals surface area contributed by atoms with Gasteiger partial charge in [0.15, 0.2) is 4.96 Å². The Balaban J connectivity index is 0.000000193. The zero-order chi connectivity index (χ0) is 75.5. The lowest BCUT2D eigenvalue weighted by Crippen LogP contribution is -2.53. The lowest BCUT2D eigenvalue weighted by atomic mass is 9.99. The number of ether oxygens (including phenoxy) is 1. The quantitative estimate of drug-likeness (QED) is 0.0415. The molecule has 24 nitrogen and oxygen atoms in total. The van der Waals surface area contributed by atoms with E-state index in [0.29, 0.717) is 50.1 Å². The van der Waals surface area contributed by atoms with Crippen molar-refractivity contribution < 1.29 is 48.2 Å². The van der Waals surface area contributed by atoms with Crippen molar-refractivity contribution in [1.82, 2.24) is 54.9 Å². The molecule has 6 aliphatic rings. The van der Waals surface area contributed by atoms with Gasteiger partial charge in [0.2, 0.25) is 35.4 Å². The van der Waals surface area contributed by atoms with Crippen LogP contribution in [0.4, 0.5) is 10.5 Å². The van der Waals surface area contributed by atoms with E-state index < -0.39 is 48.4 Å². The van der Waals surface area contributed by atoms with Gasteiger partial charge in [-0.1, -0.05) is 106 Å². The molecular formula is C80H92N14O10S3. The van der Waals surface area contributed by atoms with Gasteiger partial charge in [-0.25, -0.2) is 14.8 Å². The number of hydrogen-bond donors (Lipinski definition) is 6. The number of allylic oxidation sites excluding steroid dienone is 2. The average molecular weight is 1510 g/mol. The summed E-state index contributed by atoms with van der Waals surface area (Å²) in [6.07, 6.45) is 16.9. The van der Waals surface area contributed by atoms with Crippen LogP contribution in [0.2, 0.25) is 0 Å². The van der Waals surface area contributed by atoms with Crippen molar-refractivity contribution >= 4 is 124 Å². The number of nitrogens with one attached hydrogen (secondary N) is 5. The summed E-state index contributed by atoms with van der Waals surface area (Å²) in [6, 6.07) is 21.9. The number of imidazole rings is 2. The largest absolute Gasteiger partial charge is 0.444 e. The van der Waals surface area contributed by atoms with E-state index in [9.17, 15) is 43.5 Å². The van der Waals surface area contributed by atoms with Crippen LogP contribution in [0.15, 0.2) is 131 Å². The van der Waals surface area contributed by atoms with Gasteiger partial charge in [0.1, 0.15) is 42.2 Å². The molecule has 0 spiro atoms. The Morgan fingerprint density at radius 1 is 0.636 bits per heavy atom. The maximum absolute atomic E-state index is 14.0. The third-order valence-electron chi connectivity index (χ3n) is 20.5. The van der Waals surface area contributed by atoms with Gasteiger partial charge in [0.05, 0.1) is 50.0 Å². The number of amides is 8. The van der Waals surface area contributed by atoms with Gasteiger partial charge in [-0.2, -0.15) is 0 Å². The molecule has 560 valence electrons. The number of H-pyrrole nitrogens is 1. The molecule has 3 aromatic carbocycles. The van der Waals surface area contributed by atoms with Crippen molar-refractivity contribution in [1.29, 1.82) is 0 Å². The number of thiophene rings is 2. The Bertz CT molecular complexity index is 4770. The van der Waals surface area contributed by atoms with E-state index in [1.165, 1.54) is 33.0 Å². The second-order valence-electron chi connectivity index (χ2n) is 29.9. The summed E-state index contributed by atoms with van der Waals surface area (Å²) in [5.74, 6) is -0.928. The van der Waals surface area contributed by atoms with Crippen molar-refractivity contribution in [2.24, 2.45) is 21.8 Å². The highest BCUT2D eigenvalue weighted by atomic mass is 32.1. The molecule has 3 unspecified atom stereocenters. The van der Waals surface area contributed by atoms with E-state index in [4.69, 9.17) is 19.7 Å². The Labute approximate surface area is 633 Å². The summed E-state index contributed by atoms with van der Waals surface area (Å²) in [5, 5.41) is 24.9. The number of carbonyl (C=O) groups is 8. The van der Waals surface area contributed by atoms with Crippen LogP contribution < -0.4 is 21.3 Å². The molecule has 5 aromatic heterocycles. The second-order valence-corrected chi connectivity index (χ2v) is 32.7. The number of aromatic amines is 1.